The summed E-state index contributed by atoms with van der Waals surface area (Å²) in [6.45, 7) is 10.1. The molecule has 0 spiro atoms. The molecule has 198 valence electrons. The van der Waals surface area contributed by atoms with Gasteiger partial charge in [-0.1, -0.05) is 19.6 Å². The molecule has 6 nitrogen and oxygen atoms in total. The second-order valence-corrected chi connectivity index (χ2v) is 16.6. The summed E-state index contributed by atoms with van der Waals surface area (Å²) >= 11 is 2.88. The van der Waals surface area contributed by atoms with Gasteiger partial charge in [0.25, 0.3) is 12.3 Å². The average Bonchev–Trinajstić information content (AvgIpc) is 2.80. The van der Waals surface area contributed by atoms with E-state index >= 15 is 4.39 Å². The Morgan fingerprint density at radius 2 is 2.00 bits per heavy atom. The number of aromatic nitrogens is 1. The number of hydrogen-bond donors (Lipinski definition) is 1. The van der Waals surface area contributed by atoms with Crippen LogP contribution >= 0.6 is 15.9 Å². The molecule has 1 atom stereocenters. The number of hydrogen-bond acceptors (Lipinski definition) is 5. The Kier molecular flexibility index (Phi) is 9.05. The fourth-order valence-electron chi connectivity index (χ4n) is 3.82. The lowest BCUT2D eigenvalue weighted by Gasteiger charge is -2.39. The Bertz CT molecular complexity index is 1120. The number of ether oxygens (including phenoxy) is 1. The van der Waals surface area contributed by atoms with Crippen LogP contribution in [-0.2, 0) is 0 Å². The molecule has 1 aromatic carbocycles. The number of carbonyl (C=O) groups excluding carboxylic acids is 1. The molecule has 1 aliphatic rings. The molecule has 1 fully saturated rings. The van der Waals surface area contributed by atoms with Crippen molar-refractivity contribution in [3.05, 3.63) is 45.6 Å². The molecule has 0 radical (unpaired) electrons. The monoisotopic (exact) mass is 590 g/mol. The van der Waals surface area contributed by atoms with E-state index in [-0.39, 0.29) is 29.9 Å². The number of anilines is 2. The third-order valence-corrected chi connectivity index (χ3v) is 8.61. The number of halogens is 5. The molecule has 2 heterocycles. The van der Waals surface area contributed by atoms with Gasteiger partial charge in [-0.2, -0.15) is 0 Å². The van der Waals surface area contributed by atoms with Crippen molar-refractivity contribution in [3.63, 3.8) is 0 Å². The highest BCUT2D eigenvalue weighted by Crippen LogP contribution is 2.38. The van der Waals surface area contributed by atoms with E-state index in [1.807, 2.05) is 14.0 Å². The first-order valence-electron chi connectivity index (χ1n) is 11.6. The maximum absolute atomic E-state index is 15.3. The molecule has 12 heteroatoms. The van der Waals surface area contributed by atoms with Crippen LogP contribution in [0.25, 0.3) is 0 Å². The van der Waals surface area contributed by atoms with Crippen molar-refractivity contribution < 1.29 is 27.1 Å². The summed E-state index contributed by atoms with van der Waals surface area (Å²) in [6, 6.07) is 2.97. The fraction of sp³-hybridized carbons (Fsp3) is 0.500. The van der Waals surface area contributed by atoms with Gasteiger partial charge in [0.1, 0.15) is 17.1 Å². The zero-order valence-corrected chi connectivity index (χ0v) is 23.6. The van der Waals surface area contributed by atoms with Crippen LogP contribution in [0.15, 0.2) is 22.8 Å². The Balaban J connectivity index is 2.01. The largest absolute Gasteiger partial charge is 0.477 e. The fourth-order valence-corrected chi connectivity index (χ4v) is 4.85. The number of pyridine rings is 1. The second kappa shape index (κ2) is 11.5. The van der Waals surface area contributed by atoms with Crippen molar-refractivity contribution in [1.29, 1.82) is 0 Å². The van der Waals surface area contributed by atoms with Gasteiger partial charge in [-0.15, -0.1) is 0 Å². The molecule has 1 aromatic heterocycles. The lowest BCUT2D eigenvalue weighted by atomic mass is 10.1. The summed E-state index contributed by atoms with van der Waals surface area (Å²) in [6.07, 6.45) is -1.84. The van der Waals surface area contributed by atoms with E-state index in [1.165, 1.54) is 0 Å². The lowest BCUT2D eigenvalue weighted by molar-refractivity contribution is 0.100. The first-order valence-corrected chi connectivity index (χ1v) is 16.1. The van der Waals surface area contributed by atoms with Gasteiger partial charge in [0.15, 0.2) is 5.82 Å². The van der Waals surface area contributed by atoms with Gasteiger partial charge in [-0.3, -0.25) is 4.79 Å². The van der Waals surface area contributed by atoms with E-state index in [1.54, 1.807) is 4.90 Å². The highest BCUT2D eigenvalue weighted by Gasteiger charge is 2.30. The number of nitrogens with one attached hydrogen (secondary N) is 1. The van der Waals surface area contributed by atoms with E-state index in [9.17, 15) is 18.0 Å². The molecular formula is C24H31BrF4N4O2Si. The summed E-state index contributed by atoms with van der Waals surface area (Å²) in [5.74, 6) is -3.13. The van der Waals surface area contributed by atoms with Crippen molar-refractivity contribution in [2.24, 2.45) is 0 Å². The first-order chi connectivity index (χ1) is 16.8. The maximum atomic E-state index is 15.3. The molecule has 0 aliphatic carbocycles. The quantitative estimate of drug-likeness (QED) is 0.226. The Morgan fingerprint density at radius 3 is 2.61 bits per heavy atom. The first kappa shape index (κ1) is 28.4. The molecule has 1 amide bonds. The van der Waals surface area contributed by atoms with Crippen LogP contribution in [0.4, 0.5) is 28.9 Å². The molecule has 3 rings (SSSR count). The van der Waals surface area contributed by atoms with E-state index in [2.05, 4.69) is 50.8 Å². The van der Waals surface area contributed by atoms with Crippen LogP contribution in [0.5, 0.6) is 5.88 Å². The van der Waals surface area contributed by atoms with Gasteiger partial charge in [-0.05, 0) is 42.0 Å². The van der Waals surface area contributed by atoms with Gasteiger partial charge in [0.05, 0.1) is 16.8 Å². The number of rotatable bonds is 8. The standard InChI is InChI=1S/C24H31BrF4N4O2Si/c1-14-13-33(9-8-32(14)2)17-12-16(26)19(25)20(27)21(17)31-23(34)18-15(22(28)29)6-7-30-24(18)35-10-11-36(3,4)5/h6-7,12,14,22H,8-11,13H2,1-5H3,(H,31,34)/t14-/m0/s1. The smallest absolute Gasteiger partial charge is 0.264 e. The summed E-state index contributed by atoms with van der Waals surface area (Å²) in [4.78, 5) is 21.2. The van der Waals surface area contributed by atoms with Gasteiger partial charge >= 0.3 is 0 Å². The van der Waals surface area contributed by atoms with Crippen LogP contribution in [-0.4, -0.2) is 63.2 Å². The number of likely N-dealkylation sites (N-methyl/N-ethyl adjacent to an activating group) is 1. The lowest BCUT2D eigenvalue weighted by Crippen LogP contribution is -2.50. The molecule has 0 bridgehead atoms. The van der Waals surface area contributed by atoms with E-state index in [4.69, 9.17) is 4.74 Å². The highest BCUT2D eigenvalue weighted by molar-refractivity contribution is 9.10. The molecule has 36 heavy (non-hydrogen) atoms. The molecule has 0 unspecified atom stereocenters. The van der Waals surface area contributed by atoms with E-state index in [0.717, 1.165) is 24.4 Å². The number of carbonyl (C=O) groups is 1. The van der Waals surface area contributed by atoms with Crippen molar-refractivity contribution in [2.45, 2.75) is 45.1 Å². The van der Waals surface area contributed by atoms with Crippen molar-refractivity contribution in [3.8, 4) is 5.88 Å². The van der Waals surface area contributed by atoms with Gasteiger partial charge in [0.2, 0.25) is 5.88 Å². The van der Waals surface area contributed by atoms with Crippen LogP contribution in [0.1, 0.15) is 29.3 Å². The van der Waals surface area contributed by atoms with E-state index in [0.29, 0.717) is 19.6 Å². The third-order valence-electron chi connectivity index (χ3n) is 6.18. The van der Waals surface area contributed by atoms with Crippen LogP contribution < -0.4 is 15.0 Å². The molecule has 1 N–H and O–H groups in total. The van der Waals surface area contributed by atoms with E-state index < -0.39 is 47.6 Å². The minimum Gasteiger partial charge on any atom is -0.477 e. The van der Waals surface area contributed by atoms with Crippen LogP contribution in [0.3, 0.4) is 0 Å². The summed E-state index contributed by atoms with van der Waals surface area (Å²) in [5, 5.41) is 2.42. The maximum Gasteiger partial charge on any atom is 0.264 e. The Labute approximate surface area is 218 Å². The van der Waals surface area contributed by atoms with Crippen LogP contribution in [0.2, 0.25) is 25.7 Å². The molecule has 2 aromatic rings. The predicted octanol–water partition coefficient (Wildman–Crippen LogP) is 6.17. The van der Waals surface area contributed by atoms with Crippen molar-refractivity contribution in [1.82, 2.24) is 9.88 Å². The van der Waals surface area contributed by atoms with Crippen LogP contribution in [0, 0.1) is 11.6 Å². The number of alkyl halides is 2. The number of nitrogens with zero attached hydrogens (tertiary/aromatic N) is 3. The highest BCUT2D eigenvalue weighted by atomic mass is 79.9. The normalized spacial score (nSPS) is 17.0. The number of amides is 1. The topological polar surface area (TPSA) is 57.7 Å². The average molecular weight is 592 g/mol. The SMILES string of the molecule is C[C@H]1CN(c2cc(F)c(Br)c(F)c2NC(=O)c2c(C(F)F)ccnc2OCC[Si](C)(C)C)CCN1C. The number of benzene rings is 1. The summed E-state index contributed by atoms with van der Waals surface area (Å²) in [7, 11) is 0.441. The molecule has 1 aliphatic heterocycles. The van der Waals surface area contributed by atoms with Gasteiger partial charge in [-0.25, -0.2) is 22.5 Å². The molecule has 0 saturated carbocycles. The molecular weight excluding hydrogens is 560 g/mol. The van der Waals surface area contributed by atoms with Crippen molar-refractivity contribution in [2.75, 3.05) is 43.5 Å². The van der Waals surface area contributed by atoms with Gasteiger partial charge < -0.3 is 19.9 Å². The minimum absolute atomic E-state index is 0.0900. The third kappa shape index (κ3) is 6.57. The Hall–Kier alpha value is -2.18. The Morgan fingerprint density at radius 1 is 1.31 bits per heavy atom. The number of piperazine rings is 1. The molecule has 1 saturated heterocycles. The predicted molar refractivity (Wildman–Crippen MR) is 139 cm³/mol. The van der Waals surface area contributed by atoms with Crippen molar-refractivity contribution >= 4 is 41.3 Å². The summed E-state index contributed by atoms with van der Waals surface area (Å²) in [5.41, 5.74) is -1.23. The van der Waals surface area contributed by atoms with Gasteiger partial charge in [0, 0.05) is 51.6 Å². The zero-order chi connectivity index (χ0) is 26.8. The zero-order valence-electron chi connectivity index (χ0n) is 21.0. The second-order valence-electron chi connectivity index (χ2n) is 10.2. The minimum atomic E-state index is -2.99. The summed E-state index contributed by atoms with van der Waals surface area (Å²) < 4.78 is 62.7.